The second-order valence-electron chi connectivity index (χ2n) is 5.77. The van der Waals surface area contributed by atoms with Crippen molar-refractivity contribution in [1.29, 1.82) is 0 Å². The normalized spacial score (nSPS) is 10.5. The number of phenols is 1. The molecule has 1 unspecified atom stereocenters. The molecule has 0 heterocycles. The van der Waals surface area contributed by atoms with E-state index >= 15 is 0 Å². The van der Waals surface area contributed by atoms with Crippen molar-refractivity contribution >= 4 is 28.5 Å². The van der Waals surface area contributed by atoms with Gasteiger partial charge >= 0.3 is 28.7 Å². The Morgan fingerprint density at radius 1 is 0.885 bits per heavy atom. The van der Waals surface area contributed by atoms with Crippen LogP contribution >= 0.6 is 17.9 Å². The number of phenolic OH excluding ortho intramolecular Hbond substituents is 1. The van der Waals surface area contributed by atoms with Gasteiger partial charge in [-0.1, -0.05) is 74.8 Å². The van der Waals surface area contributed by atoms with E-state index in [1.165, 1.54) is 41.4 Å². The zero-order valence-corrected chi connectivity index (χ0v) is 17.9. The monoisotopic (exact) mass is 417 g/mol. The summed E-state index contributed by atoms with van der Waals surface area (Å²) in [5.41, 5.74) is 3.73. The number of halogens is 1. The number of nitrogens with zero attached hydrogens (tertiary/aromatic N) is 1. The molecular formula is C21H21ClNOPTi. The predicted octanol–water partition coefficient (Wildman–Crippen LogP) is 4.80. The molecule has 0 amide bonds. The van der Waals surface area contributed by atoms with Crippen LogP contribution in [-0.4, -0.2) is 12.2 Å². The number of rotatable bonds is 6. The van der Waals surface area contributed by atoms with Gasteiger partial charge < -0.3 is 10.4 Å². The predicted molar refractivity (Wildman–Crippen MR) is 110 cm³/mol. The third kappa shape index (κ3) is 6.23. The van der Waals surface area contributed by atoms with Gasteiger partial charge in [-0.05, 0) is 35.0 Å². The summed E-state index contributed by atoms with van der Waals surface area (Å²) in [6.45, 7) is 0.716. The molecule has 2 nitrogen and oxygen atoms in total. The Hall–Kier alpha value is -1.15. The van der Waals surface area contributed by atoms with Gasteiger partial charge in [-0.3, -0.25) is 0 Å². The number of benzene rings is 3. The van der Waals surface area contributed by atoms with Gasteiger partial charge in [0.15, 0.2) is 0 Å². The summed E-state index contributed by atoms with van der Waals surface area (Å²) in [5, 5.41) is 16.8. The Labute approximate surface area is 173 Å². The van der Waals surface area contributed by atoms with E-state index in [2.05, 4.69) is 57.1 Å². The first-order chi connectivity index (χ1) is 12.8. The van der Waals surface area contributed by atoms with Gasteiger partial charge in [0.25, 0.3) is 0 Å². The van der Waals surface area contributed by atoms with Crippen molar-refractivity contribution in [2.24, 2.45) is 0 Å². The molecule has 0 aliphatic carbocycles. The van der Waals surface area contributed by atoms with E-state index < -0.39 is 0 Å². The molecule has 0 bridgehead atoms. The Bertz CT molecular complexity index is 814. The van der Waals surface area contributed by atoms with E-state index in [0.717, 1.165) is 11.7 Å². The van der Waals surface area contributed by atoms with Crippen molar-refractivity contribution in [2.45, 2.75) is 13.0 Å². The van der Waals surface area contributed by atoms with Gasteiger partial charge in [0, 0.05) is 5.30 Å². The molecule has 26 heavy (non-hydrogen) atoms. The van der Waals surface area contributed by atoms with E-state index in [-0.39, 0.29) is 0 Å². The van der Waals surface area contributed by atoms with E-state index in [9.17, 15) is 5.11 Å². The Balaban J connectivity index is 0.00000117. The fourth-order valence-electron chi connectivity index (χ4n) is 2.72. The molecule has 0 fully saturated rings. The molecule has 0 spiro atoms. The van der Waals surface area contributed by atoms with Gasteiger partial charge in [-0.25, -0.2) is 0 Å². The average molecular weight is 418 g/mol. The van der Waals surface area contributed by atoms with Crippen molar-refractivity contribution in [1.82, 2.24) is 0 Å². The maximum absolute atomic E-state index is 10.3. The van der Waals surface area contributed by atoms with Crippen LogP contribution in [0.5, 0.6) is 5.75 Å². The van der Waals surface area contributed by atoms with Crippen LogP contribution in [0.25, 0.3) is 5.32 Å². The Kier molecular flexibility index (Phi) is 9.39. The SMILES string of the molecule is C[N-]Cc1ccccc1Pc1cc(Cc2ccccc2)ccc1O.[Cl][Ti+]. The third-order valence-corrected chi connectivity index (χ3v) is 5.35. The van der Waals surface area contributed by atoms with Crippen molar-refractivity contribution in [3.8, 4) is 5.75 Å². The fourth-order valence-corrected chi connectivity index (χ4v) is 3.98. The van der Waals surface area contributed by atoms with Crippen LogP contribution in [0.4, 0.5) is 0 Å². The zero-order chi connectivity index (χ0) is 18.8. The fraction of sp³-hybridized carbons (Fsp3) is 0.143. The van der Waals surface area contributed by atoms with E-state index in [1.807, 2.05) is 37.4 Å². The van der Waals surface area contributed by atoms with Crippen molar-refractivity contribution < 1.29 is 24.5 Å². The molecule has 0 saturated carbocycles. The summed E-state index contributed by atoms with van der Waals surface area (Å²) in [6, 6.07) is 24.7. The first-order valence-electron chi connectivity index (χ1n) is 8.21. The van der Waals surface area contributed by atoms with Crippen molar-refractivity contribution in [2.75, 3.05) is 7.05 Å². The minimum absolute atomic E-state index is 0.369. The van der Waals surface area contributed by atoms with Crippen molar-refractivity contribution in [3.05, 3.63) is 94.8 Å². The summed E-state index contributed by atoms with van der Waals surface area (Å²) < 4.78 is 0. The van der Waals surface area contributed by atoms with E-state index in [1.54, 1.807) is 0 Å². The quantitative estimate of drug-likeness (QED) is 0.453. The number of hydrogen-bond acceptors (Lipinski definition) is 1. The molecule has 1 atom stereocenters. The van der Waals surface area contributed by atoms with Crippen LogP contribution < -0.4 is 10.6 Å². The van der Waals surface area contributed by atoms with Gasteiger partial charge in [0.05, 0.1) is 0 Å². The average Bonchev–Trinajstić information content (AvgIpc) is 2.69. The molecule has 5 heteroatoms. The molecule has 132 valence electrons. The second kappa shape index (κ2) is 11.5. The van der Waals surface area contributed by atoms with Gasteiger partial charge in [-0.2, -0.15) is 7.05 Å². The van der Waals surface area contributed by atoms with Crippen LogP contribution in [0.1, 0.15) is 16.7 Å². The molecule has 3 aromatic rings. The summed E-state index contributed by atoms with van der Waals surface area (Å²) in [7, 11) is 6.90. The van der Waals surface area contributed by atoms with E-state index in [4.69, 9.17) is 0 Å². The summed E-state index contributed by atoms with van der Waals surface area (Å²) in [6.07, 6.45) is 0.880. The van der Waals surface area contributed by atoms with E-state index in [0.29, 0.717) is 20.9 Å². The van der Waals surface area contributed by atoms with Gasteiger partial charge in [0.2, 0.25) is 0 Å². The number of aromatic hydroxyl groups is 1. The molecule has 0 saturated heterocycles. The molecule has 3 rings (SSSR count). The summed E-state index contributed by atoms with van der Waals surface area (Å²) >= 11 is 1.47. The number of hydrogen-bond donors (Lipinski definition) is 1. The van der Waals surface area contributed by atoms with Crippen LogP contribution in [-0.2, 0) is 32.3 Å². The summed E-state index contributed by atoms with van der Waals surface area (Å²) in [5.74, 6) is 0.369. The summed E-state index contributed by atoms with van der Waals surface area (Å²) in [4.78, 5) is 0. The molecule has 0 aliphatic rings. The third-order valence-electron chi connectivity index (χ3n) is 3.93. The zero-order valence-electron chi connectivity index (χ0n) is 14.6. The molecule has 0 aromatic heterocycles. The molecule has 0 radical (unpaired) electrons. The first-order valence-corrected chi connectivity index (χ1v) is 11.4. The molecular weight excluding hydrogens is 397 g/mol. The molecule has 0 aliphatic heterocycles. The molecule has 3 aromatic carbocycles. The van der Waals surface area contributed by atoms with Gasteiger partial charge in [-0.15, -0.1) is 6.54 Å². The Morgan fingerprint density at radius 3 is 2.31 bits per heavy atom. The first kappa shape index (κ1) is 21.2. The molecule has 1 N–H and O–H groups in total. The standard InChI is InChI=1S/C21H21NOP.ClH.Ti/c1-22-15-18-9-5-6-10-20(18)24-21-14-17(11-12-19(21)23)13-16-7-3-2-4-8-16;;/h2-12,14,23-24H,13,15H2,1H3;1H;/q-1;;+2/p-1. The van der Waals surface area contributed by atoms with Crippen LogP contribution in [0.2, 0.25) is 0 Å². The minimum atomic E-state index is 0.369. The van der Waals surface area contributed by atoms with Crippen LogP contribution in [0.15, 0.2) is 72.8 Å². The van der Waals surface area contributed by atoms with Gasteiger partial charge in [0.1, 0.15) is 5.75 Å². The van der Waals surface area contributed by atoms with Crippen LogP contribution in [0, 0.1) is 0 Å². The van der Waals surface area contributed by atoms with Crippen molar-refractivity contribution in [3.63, 3.8) is 0 Å². The van der Waals surface area contributed by atoms with Crippen LogP contribution in [0.3, 0.4) is 0 Å². The topological polar surface area (TPSA) is 34.3 Å². The maximum atomic E-state index is 10.3. The second-order valence-corrected chi connectivity index (χ2v) is 7.10. The Morgan fingerprint density at radius 2 is 1.58 bits per heavy atom.